The molecule has 3 rings (SSSR count). The molecule has 0 fully saturated rings. The summed E-state index contributed by atoms with van der Waals surface area (Å²) < 4.78 is 7.48. The molecule has 1 heterocycles. The number of hydrogen-bond acceptors (Lipinski definition) is 3. The summed E-state index contributed by atoms with van der Waals surface area (Å²) in [5, 5.41) is 6.78. The first-order chi connectivity index (χ1) is 11.7. The van der Waals surface area contributed by atoms with Gasteiger partial charge in [-0.3, -0.25) is 0 Å². The van der Waals surface area contributed by atoms with Crippen LogP contribution in [0.5, 0.6) is 5.75 Å². The van der Waals surface area contributed by atoms with Crippen molar-refractivity contribution in [3.05, 3.63) is 72.1 Å². The lowest BCUT2D eigenvalue weighted by molar-refractivity contribution is -0.657. The van der Waals surface area contributed by atoms with Gasteiger partial charge in [0.05, 0.1) is 7.11 Å². The summed E-state index contributed by atoms with van der Waals surface area (Å²) in [6, 6.07) is 16.5. The van der Waals surface area contributed by atoms with Crippen molar-refractivity contribution in [2.75, 3.05) is 12.4 Å². The van der Waals surface area contributed by atoms with Gasteiger partial charge in [0.1, 0.15) is 23.7 Å². The van der Waals surface area contributed by atoms with Crippen LogP contribution >= 0.6 is 11.3 Å². The number of ether oxygens (including phenoxy) is 1. The summed E-state index contributed by atoms with van der Waals surface area (Å²) >= 11 is 1.69. The quantitative estimate of drug-likeness (QED) is 0.490. The molecule has 0 radical (unpaired) electrons. The van der Waals surface area contributed by atoms with Crippen molar-refractivity contribution in [2.45, 2.75) is 13.5 Å². The van der Waals surface area contributed by atoms with E-state index in [1.165, 1.54) is 5.56 Å². The van der Waals surface area contributed by atoms with E-state index in [4.69, 9.17) is 4.74 Å². The molecule has 0 spiro atoms. The van der Waals surface area contributed by atoms with Crippen LogP contribution in [0.2, 0.25) is 0 Å². The molecule has 5 heteroatoms. The Morgan fingerprint density at radius 3 is 2.60 bits per heavy atom. The zero-order valence-electron chi connectivity index (χ0n) is 14.3. The molecule has 0 aliphatic carbocycles. The summed E-state index contributed by atoms with van der Waals surface area (Å²) in [5.74, 6) is 0.863. The van der Waals surface area contributed by atoms with E-state index in [9.17, 15) is 0 Å². The van der Waals surface area contributed by atoms with Gasteiger partial charge >= 0.3 is 5.13 Å². The molecule has 1 aromatic heterocycles. The van der Waals surface area contributed by atoms with Crippen LogP contribution in [-0.2, 0) is 6.54 Å². The van der Waals surface area contributed by atoms with Crippen molar-refractivity contribution in [3.63, 3.8) is 0 Å². The molecule has 0 unspecified atom stereocenters. The van der Waals surface area contributed by atoms with E-state index in [0.29, 0.717) is 0 Å². The zero-order valence-corrected chi connectivity index (χ0v) is 16.7. The Morgan fingerprint density at radius 1 is 1.20 bits per heavy atom. The zero-order chi connectivity index (χ0) is 16.9. The number of nitrogens with zero attached hydrogens (tertiary/aromatic N) is 1. The van der Waals surface area contributed by atoms with Crippen LogP contribution in [0, 0.1) is 6.92 Å². The topological polar surface area (TPSA) is 25.1 Å². The number of nitrogens with one attached hydrogen (secondary N) is 1. The number of aryl methyl sites for hydroxylation is 1. The number of anilines is 2. The number of allylic oxidation sites excluding steroid dienone is 1. The highest BCUT2D eigenvalue weighted by molar-refractivity contribution is 7.13. The average Bonchev–Trinajstić information content (AvgIpc) is 2.98. The first-order valence-corrected chi connectivity index (χ1v) is 8.69. The molecule has 0 saturated heterocycles. The number of halogens is 1. The second-order valence-electron chi connectivity index (χ2n) is 5.55. The molecule has 0 aliphatic rings. The number of benzene rings is 2. The lowest BCUT2D eigenvalue weighted by atomic mass is 10.1. The van der Waals surface area contributed by atoms with Crippen molar-refractivity contribution < 1.29 is 26.3 Å². The van der Waals surface area contributed by atoms with Gasteiger partial charge in [0, 0.05) is 10.9 Å². The molecule has 1 N–H and O–H groups in total. The van der Waals surface area contributed by atoms with Crippen molar-refractivity contribution >= 4 is 22.2 Å². The summed E-state index contributed by atoms with van der Waals surface area (Å²) in [6.45, 7) is 6.74. The lowest BCUT2D eigenvalue weighted by Crippen LogP contribution is -3.00. The maximum absolute atomic E-state index is 5.25. The molecule has 0 aliphatic heterocycles. The minimum absolute atomic E-state index is 0. The Labute approximate surface area is 163 Å². The van der Waals surface area contributed by atoms with Gasteiger partial charge in [-0.15, -0.1) is 0 Å². The van der Waals surface area contributed by atoms with Crippen LogP contribution in [0.15, 0.2) is 66.6 Å². The molecule has 3 aromatic rings. The van der Waals surface area contributed by atoms with Crippen LogP contribution in [0.25, 0.3) is 11.3 Å². The Hall–Kier alpha value is -2.11. The van der Waals surface area contributed by atoms with Gasteiger partial charge in [-0.1, -0.05) is 36.1 Å². The maximum atomic E-state index is 5.25. The minimum Gasteiger partial charge on any atom is -1.00 e. The Morgan fingerprint density at radius 2 is 1.96 bits per heavy atom. The molecule has 130 valence electrons. The molecular formula is C20H21BrN2OS. The monoisotopic (exact) mass is 416 g/mol. The summed E-state index contributed by atoms with van der Waals surface area (Å²) in [4.78, 5) is 0. The van der Waals surface area contributed by atoms with Gasteiger partial charge in [-0.25, -0.2) is 9.88 Å². The van der Waals surface area contributed by atoms with E-state index in [1.807, 2.05) is 18.2 Å². The Balaban J connectivity index is 0.00000225. The predicted octanol–water partition coefficient (Wildman–Crippen LogP) is 1.95. The van der Waals surface area contributed by atoms with E-state index in [1.54, 1.807) is 18.4 Å². The molecule has 0 bridgehead atoms. The first kappa shape index (κ1) is 19.2. The van der Waals surface area contributed by atoms with E-state index >= 15 is 0 Å². The van der Waals surface area contributed by atoms with E-state index in [0.717, 1.165) is 34.4 Å². The lowest BCUT2D eigenvalue weighted by Gasteiger charge is -2.05. The number of aromatic nitrogens is 1. The van der Waals surface area contributed by atoms with E-state index < -0.39 is 0 Å². The van der Waals surface area contributed by atoms with E-state index in [-0.39, 0.29) is 17.0 Å². The fourth-order valence-corrected chi connectivity index (χ4v) is 3.55. The van der Waals surface area contributed by atoms with Gasteiger partial charge < -0.3 is 21.7 Å². The highest BCUT2D eigenvalue weighted by Gasteiger charge is 2.18. The largest absolute Gasteiger partial charge is 1.00 e. The average molecular weight is 417 g/mol. The standard InChI is InChI=1S/C20H20N2OS.BrH/c1-4-12-22-19(16-8-10-18(23-3)11-9-16)14-24-20(22)21-17-7-5-6-15(2)13-17;/h4-11,13-14H,1,12H2,2-3H3;1H. The second-order valence-corrected chi connectivity index (χ2v) is 6.41. The van der Waals surface area contributed by atoms with Gasteiger partial charge in [0.25, 0.3) is 0 Å². The first-order valence-electron chi connectivity index (χ1n) is 7.81. The molecule has 2 aromatic carbocycles. The molecular weight excluding hydrogens is 396 g/mol. The predicted molar refractivity (Wildman–Crippen MR) is 101 cm³/mol. The third-order valence-electron chi connectivity index (χ3n) is 3.78. The van der Waals surface area contributed by atoms with E-state index in [2.05, 4.69) is 65.2 Å². The van der Waals surface area contributed by atoms with Crippen molar-refractivity contribution in [2.24, 2.45) is 0 Å². The number of thiazole rings is 1. The summed E-state index contributed by atoms with van der Waals surface area (Å²) in [5.41, 5.74) is 4.65. The molecule has 0 atom stereocenters. The van der Waals surface area contributed by atoms with Gasteiger partial charge in [-0.05, 0) is 48.9 Å². The smallest absolute Gasteiger partial charge is 0.339 e. The Kier molecular flexibility index (Phi) is 6.79. The number of methoxy groups -OCH3 is 1. The van der Waals surface area contributed by atoms with Crippen LogP contribution in [0.3, 0.4) is 0 Å². The minimum atomic E-state index is 0. The van der Waals surface area contributed by atoms with Crippen LogP contribution in [0.1, 0.15) is 5.56 Å². The normalized spacial score (nSPS) is 10.0. The molecule has 0 saturated carbocycles. The fourth-order valence-electron chi connectivity index (χ4n) is 2.59. The SMILES string of the molecule is C=CC[n+]1c(-c2ccc(OC)cc2)csc1Nc1cccc(C)c1.[Br-]. The van der Waals surface area contributed by atoms with Crippen molar-refractivity contribution in [3.8, 4) is 17.0 Å². The Bertz CT molecular complexity index is 843. The second kappa shape index (κ2) is 8.83. The third kappa shape index (κ3) is 4.50. The third-order valence-corrected chi connectivity index (χ3v) is 4.67. The van der Waals surface area contributed by atoms with Crippen LogP contribution in [0.4, 0.5) is 10.8 Å². The molecule has 25 heavy (non-hydrogen) atoms. The fraction of sp³-hybridized carbons (Fsp3) is 0.150. The van der Waals surface area contributed by atoms with Crippen LogP contribution in [-0.4, -0.2) is 7.11 Å². The highest BCUT2D eigenvalue weighted by Crippen LogP contribution is 2.27. The van der Waals surface area contributed by atoms with Crippen molar-refractivity contribution in [1.82, 2.24) is 0 Å². The molecule has 3 nitrogen and oxygen atoms in total. The van der Waals surface area contributed by atoms with Gasteiger partial charge in [0.2, 0.25) is 0 Å². The summed E-state index contributed by atoms with van der Waals surface area (Å²) in [7, 11) is 1.68. The number of rotatable bonds is 6. The summed E-state index contributed by atoms with van der Waals surface area (Å²) in [6.07, 6.45) is 1.92. The number of hydrogen-bond donors (Lipinski definition) is 1. The maximum Gasteiger partial charge on any atom is 0.339 e. The van der Waals surface area contributed by atoms with Crippen molar-refractivity contribution in [1.29, 1.82) is 0 Å². The van der Waals surface area contributed by atoms with Crippen LogP contribution < -0.4 is 31.6 Å². The molecule has 0 amide bonds. The van der Waals surface area contributed by atoms with Gasteiger partial charge in [0.15, 0.2) is 0 Å². The van der Waals surface area contributed by atoms with Gasteiger partial charge in [-0.2, -0.15) is 0 Å². The highest BCUT2D eigenvalue weighted by atomic mass is 79.9.